The monoisotopic (exact) mass is 806 g/mol. The van der Waals surface area contributed by atoms with E-state index in [1.54, 1.807) is 12.2 Å². The Labute approximate surface area is 335 Å². The molecule has 2 unspecified atom stereocenters. The average Bonchev–Trinajstić information content (AvgIpc) is 3.42. The summed E-state index contributed by atoms with van der Waals surface area (Å²) in [5.41, 5.74) is 0.998. The van der Waals surface area contributed by atoms with Gasteiger partial charge < -0.3 is 59.4 Å². The molecule has 18 atom stereocenters. The summed E-state index contributed by atoms with van der Waals surface area (Å²) in [5, 5.41) is 73.5. The van der Waals surface area contributed by atoms with Crippen molar-refractivity contribution in [2.75, 3.05) is 13.2 Å². The zero-order chi connectivity index (χ0) is 41.8. The minimum absolute atomic E-state index is 0.0835. The topological polar surface area (TPSA) is 222 Å². The molecule has 6 rings (SSSR count). The van der Waals surface area contributed by atoms with Crippen molar-refractivity contribution in [3.8, 4) is 0 Å². The summed E-state index contributed by atoms with van der Waals surface area (Å²) >= 11 is 0. The molecule has 0 bridgehead atoms. The Morgan fingerprint density at radius 3 is 2.23 bits per heavy atom. The van der Waals surface area contributed by atoms with Gasteiger partial charge in [0.15, 0.2) is 12.6 Å². The molecule has 4 aliphatic carbocycles. The summed E-state index contributed by atoms with van der Waals surface area (Å²) in [5.74, 6) is -1.51. The number of ether oxygens (including phenoxy) is 5. The third-order valence-electron chi connectivity index (χ3n) is 15.3. The number of fused-ring (bicyclic) bond motifs is 5. The highest BCUT2D eigenvalue weighted by atomic mass is 16.7. The molecule has 0 aromatic rings. The van der Waals surface area contributed by atoms with Gasteiger partial charge in [-0.25, -0.2) is 4.79 Å². The third kappa shape index (κ3) is 7.93. The molecule has 6 aliphatic rings. The summed E-state index contributed by atoms with van der Waals surface area (Å²) in [7, 11) is 0. The van der Waals surface area contributed by atoms with Crippen LogP contribution in [0.2, 0.25) is 0 Å². The van der Waals surface area contributed by atoms with Crippen molar-refractivity contribution in [1.29, 1.82) is 0 Å². The van der Waals surface area contributed by atoms with E-state index in [0.29, 0.717) is 43.3 Å². The molecule has 0 aromatic heterocycles. The van der Waals surface area contributed by atoms with E-state index in [4.69, 9.17) is 23.7 Å². The van der Waals surface area contributed by atoms with Crippen LogP contribution in [0.15, 0.2) is 34.9 Å². The average molecular weight is 807 g/mol. The van der Waals surface area contributed by atoms with Crippen molar-refractivity contribution in [3.63, 3.8) is 0 Å². The quantitative estimate of drug-likeness (QED) is 0.0907. The molecule has 57 heavy (non-hydrogen) atoms. The summed E-state index contributed by atoms with van der Waals surface area (Å²) in [4.78, 5) is 25.4. The van der Waals surface area contributed by atoms with E-state index >= 15 is 0 Å². The lowest BCUT2D eigenvalue weighted by atomic mass is 9.36. The van der Waals surface area contributed by atoms with Gasteiger partial charge in [-0.15, -0.1) is 0 Å². The third-order valence-corrected chi connectivity index (χ3v) is 15.3. The molecule has 0 spiro atoms. The van der Waals surface area contributed by atoms with E-state index in [1.165, 1.54) is 6.92 Å². The van der Waals surface area contributed by atoms with Crippen LogP contribution in [0, 0.1) is 39.9 Å². The van der Waals surface area contributed by atoms with Crippen LogP contribution in [0.1, 0.15) is 99.8 Å². The van der Waals surface area contributed by atoms with Crippen LogP contribution >= 0.6 is 0 Å². The van der Waals surface area contributed by atoms with E-state index in [2.05, 4.69) is 27.7 Å². The van der Waals surface area contributed by atoms with E-state index in [0.717, 1.165) is 24.8 Å². The van der Waals surface area contributed by atoms with Gasteiger partial charge >= 0.3 is 11.9 Å². The number of allylic oxidation sites excluding steroid dienone is 2. The number of rotatable bonds is 11. The zero-order valence-electron chi connectivity index (χ0n) is 34.5. The van der Waals surface area contributed by atoms with Gasteiger partial charge in [-0.3, -0.25) is 4.79 Å². The van der Waals surface area contributed by atoms with Gasteiger partial charge in [0.05, 0.1) is 25.4 Å². The minimum Gasteiger partial charge on any atom is -0.478 e. The Hall–Kier alpha value is -2.24. The van der Waals surface area contributed by atoms with Gasteiger partial charge in [0, 0.05) is 12.5 Å². The van der Waals surface area contributed by atoms with Gasteiger partial charge in [-0.2, -0.15) is 0 Å². The molecule has 0 aromatic carbocycles. The second-order valence-corrected chi connectivity index (χ2v) is 18.7. The molecule has 7 N–H and O–H groups in total. The van der Waals surface area contributed by atoms with Gasteiger partial charge in [0.25, 0.3) is 0 Å². The Morgan fingerprint density at radius 1 is 0.895 bits per heavy atom. The van der Waals surface area contributed by atoms with Gasteiger partial charge in [0.1, 0.15) is 42.7 Å². The molecule has 322 valence electrons. The van der Waals surface area contributed by atoms with Crippen LogP contribution in [0.4, 0.5) is 0 Å². The van der Waals surface area contributed by atoms with Gasteiger partial charge in [0.2, 0.25) is 0 Å². The van der Waals surface area contributed by atoms with Crippen LogP contribution in [0.3, 0.4) is 0 Å². The van der Waals surface area contributed by atoms with Crippen molar-refractivity contribution in [2.24, 2.45) is 39.9 Å². The largest absolute Gasteiger partial charge is 0.478 e. The van der Waals surface area contributed by atoms with Crippen molar-refractivity contribution in [2.45, 2.75) is 167 Å². The summed E-state index contributed by atoms with van der Waals surface area (Å²) < 4.78 is 30.0. The van der Waals surface area contributed by atoms with E-state index in [-0.39, 0.29) is 40.6 Å². The molecule has 0 amide bonds. The number of carbonyl (C=O) groups is 2. The Bertz CT molecular complexity index is 1570. The van der Waals surface area contributed by atoms with E-state index in [9.17, 15) is 45.3 Å². The number of carbonyl (C=O) groups excluding carboxylic acids is 1. The second kappa shape index (κ2) is 17.0. The molecule has 2 heterocycles. The lowest BCUT2D eigenvalue weighted by molar-refractivity contribution is -0.321. The van der Waals surface area contributed by atoms with Gasteiger partial charge in [-0.05, 0) is 117 Å². The molecule has 14 nitrogen and oxygen atoms in total. The van der Waals surface area contributed by atoms with Crippen molar-refractivity contribution in [1.82, 2.24) is 0 Å². The molecule has 1 saturated heterocycles. The number of aliphatic hydroxyl groups is 6. The molecular formula is C43H66O14. The molecular weight excluding hydrogens is 740 g/mol. The van der Waals surface area contributed by atoms with Gasteiger partial charge in [-0.1, -0.05) is 45.4 Å². The van der Waals surface area contributed by atoms with Crippen LogP contribution < -0.4 is 0 Å². The van der Waals surface area contributed by atoms with E-state index in [1.807, 2.05) is 19.9 Å². The highest BCUT2D eigenvalue weighted by Crippen LogP contribution is 2.74. The smallest absolute Gasteiger partial charge is 0.331 e. The second-order valence-electron chi connectivity index (χ2n) is 18.7. The first kappa shape index (κ1) is 44.3. The number of aliphatic hydroxyl groups excluding tert-OH is 6. The normalized spacial score (nSPS) is 47.6. The van der Waals surface area contributed by atoms with Crippen molar-refractivity contribution < 1.29 is 69.0 Å². The Morgan fingerprint density at radius 2 is 1.60 bits per heavy atom. The number of aliphatic carboxylic acids is 1. The summed E-state index contributed by atoms with van der Waals surface area (Å²) in [6.45, 7) is 13.3. The number of hydrogen-bond acceptors (Lipinski definition) is 13. The standard InChI is InChI=1S/C43H66O14/c1-21(2)9-8-10-24(39(51)52)34-26-17-27(47)38-41(5)15-14-28(22(3)25(41)13-16-42(38,6)43(26,7)18-30(34)53-23(4)46)54-33-12-11-29(31(19-44)55-33)56-40-37(50)36(49)35(48)32(20-45)57-40/h9,11-12,22,25-33,35-38,40,44-45,47-50H,8,10,13-20H2,1-7H3,(H,51,52)/b34-24+/t22-,25-,26-,27+,28+,29-,30-,31+,32+,33?,35+,36-,37+,38?,40-,41-,42-,43-/m0/s1. The first-order chi connectivity index (χ1) is 26.8. The molecule has 2 aliphatic heterocycles. The maximum Gasteiger partial charge on any atom is 0.331 e. The van der Waals surface area contributed by atoms with Crippen LogP contribution in [0.5, 0.6) is 0 Å². The molecule has 0 radical (unpaired) electrons. The molecule has 4 saturated carbocycles. The fourth-order valence-electron chi connectivity index (χ4n) is 12.4. The van der Waals surface area contributed by atoms with Crippen LogP contribution in [-0.4, -0.2) is 128 Å². The minimum atomic E-state index is -1.61. The van der Waals surface area contributed by atoms with Crippen molar-refractivity contribution in [3.05, 3.63) is 34.9 Å². The predicted octanol–water partition coefficient (Wildman–Crippen LogP) is 3.15. The Balaban J connectivity index is 1.19. The summed E-state index contributed by atoms with van der Waals surface area (Å²) in [6.07, 6.45) is -1.09. The fraction of sp³-hybridized carbons (Fsp3) is 0.814. The summed E-state index contributed by atoms with van der Waals surface area (Å²) in [6, 6.07) is 0. The van der Waals surface area contributed by atoms with Crippen molar-refractivity contribution >= 4 is 11.9 Å². The maximum absolute atomic E-state index is 12.9. The first-order valence-electron chi connectivity index (χ1n) is 20.8. The molecule has 14 heteroatoms. The SMILES string of the molecule is CC(=O)O[C@H]1C[C@@]2(C)[C@@H](C[C@@H](O)C3[C@]2(C)CC[C@H]2[C@H](C)[C@H](OC4C=C[C@H](O[C@H]5O[C@H](CO)[C@@H](O)[C@H](O)[C@H]5O)[C@@H](CO)O4)CC[C@]32C)/C1=C(/CCC=C(C)C)C(=O)O. The first-order valence-corrected chi connectivity index (χ1v) is 20.8. The lowest BCUT2D eigenvalue weighted by Crippen LogP contribution is -2.65. The lowest BCUT2D eigenvalue weighted by Gasteiger charge is -2.69. The highest BCUT2D eigenvalue weighted by Gasteiger charge is 2.71. The number of esters is 1. The maximum atomic E-state index is 12.9. The number of hydrogen-bond donors (Lipinski definition) is 7. The fourth-order valence-corrected chi connectivity index (χ4v) is 12.4. The van der Waals surface area contributed by atoms with Crippen LogP contribution in [-0.2, 0) is 33.3 Å². The molecule has 5 fully saturated rings. The highest BCUT2D eigenvalue weighted by molar-refractivity contribution is 5.88. The Kier molecular flexibility index (Phi) is 13.2. The predicted molar refractivity (Wildman–Crippen MR) is 205 cm³/mol. The van der Waals surface area contributed by atoms with E-state index < -0.39 is 92.0 Å². The zero-order valence-corrected chi connectivity index (χ0v) is 34.5. The number of carboxylic acid groups (broad SMARTS) is 1. The van der Waals surface area contributed by atoms with Crippen LogP contribution in [0.25, 0.3) is 0 Å². The number of carboxylic acids is 1.